The van der Waals surface area contributed by atoms with Gasteiger partial charge in [0.15, 0.2) is 6.61 Å². The first-order chi connectivity index (χ1) is 13.4. The highest BCUT2D eigenvalue weighted by Crippen LogP contribution is 2.22. The lowest BCUT2D eigenvalue weighted by molar-refractivity contribution is -0.119. The van der Waals surface area contributed by atoms with Crippen LogP contribution in [0, 0.1) is 5.82 Å². The summed E-state index contributed by atoms with van der Waals surface area (Å²) in [6, 6.07) is 10.7. The minimum Gasteiger partial charge on any atom is -0.452 e. The fourth-order valence-electron chi connectivity index (χ4n) is 2.81. The average molecular weight is 406 g/mol. The number of amides is 1. The van der Waals surface area contributed by atoms with Crippen molar-refractivity contribution in [1.29, 1.82) is 0 Å². The summed E-state index contributed by atoms with van der Waals surface area (Å²) in [6.45, 7) is 0.470. The normalized spacial score (nSPS) is 14.6. The van der Waals surface area contributed by atoms with Crippen LogP contribution in [0.25, 0.3) is 0 Å². The second-order valence-electron chi connectivity index (χ2n) is 6.27. The maximum atomic E-state index is 13.1. The Bertz CT molecular complexity index is 970. The fraction of sp³-hybridized carbons (Fsp3) is 0.263. The van der Waals surface area contributed by atoms with Crippen molar-refractivity contribution in [2.75, 3.05) is 25.0 Å². The summed E-state index contributed by atoms with van der Waals surface area (Å²) in [5.74, 6) is -2.00. The molecule has 0 atom stereocenters. The van der Waals surface area contributed by atoms with E-state index >= 15 is 0 Å². The lowest BCUT2D eigenvalue weighted by Crippen LogP contribution is -2.27. The number of nitrogens with one attached hydrogen (secondary N) is 1. The first-order valence-electron chi connectivity index (χ1n) is 8.69. The van der Waals surface area contributed by atoms with Crippen molar-refractivity contribution in [2.24, 2.45) is 0 Å². The van der Waals surface area contributed by atoms with Crippen molar-refractivity contribution in [3.8, 4) is 0 Å². The number of rotatable bonds is 6. The average Bonchev–Trinajstić information content (AvgIpc) is 3.22. The lowest BCUT2D eigenvalue weighted by atomic mass is 10.2. The zero-order chi connectivity index (χ0) is 20.1. The summed E-state index contributed by atoms with van der Waals surface area (Å²) in [6.07, 6.45) is 1.70. The molecule has 0 aliphatic carbocycles. The number of halogens is 1. The summed E-state index contributed by atoms with van der Waals surface area (Å²) >= 11 is 0. The van der Waals surface area contributed by atoms with Gasteiger partial charge < -0.3 is 10.1 Å². The quantitative estimate of drug-likeness (QED) is 0.744. The molecule has 3 rings (SSSR count). The molecule has 0 bridgehead atoms. The van der Waals surface area contributed by atoms with E-state index in [-0.39, 0.29) is 10.5 Å². The van der Waals surface area contributed by atoms with Gasteiger partial charge in [-0.2, -0.15) is 4.31 Å². The van der Waals surface area contributed by atoms with Crippen LogP contribution in [0.4, 0.5) is 10.1 Å². The largest absolute Gasteiger partial charge is 0.452 e. The number of carbonyl (C=O) groups excluding carboxylic acids is 2. The second-order valence-corrected chi connectivity index (χ2v) is 8.21. The molecule has 28 heavy (non-hydrogen) atoms. The van der Waals surface area contributed by atoms with E-state index in [1.54, 1.807) is 0 Å². The summed E-state index contributed by atoms with van der Waals surface area (Å²) in [4.78, 5) is 23.9. The molecular weight excluding hydrogens is 387 g/mol. The molecule has 1 heterocycles. The van der Waals surface area contributed by atoms with Crippen LogP contribution < -0.4 is 5.32 Å². The predicted molar refractivity (Wildman–Crippen MR) is 99.7 cm³/mol. The smallest absolute Gasteiger partial charge is 0.338 e. The van der Waals surface area contributed by atoms with E-state index in [1.807, 2.05) is 0 Å². The third-order valence-corrected chi connectivity index (χ3v) is 6.15. The molecule has 0 unspecified atom stereocenters. The Labute approximate surface area is 162 Å². The molecular formula is C19H19FN2O5S. The number of ether oxygens (including phenoxy) is 1. The minimum absolute atomic E-state index is 0.00396. The van der Waals surface area contributed by atoms with Crippen LogP contribution in [0.15, 0.2) is 53.4 Å². The Morgan fingerprint density at radius 1 is 1.07 bits per heavy atom. The van der Waals surface area contributed by atoms with Gasteiger partial charge in [0.1, 0.15) is 5.82 Å². The number of esters is 1. The molecule has 148 valence electrons. The van der Waals surface area contributed by atoms with Gasteiger partial charge in [-0.15, -0.1) is 0 Å². The van der Waals surface area contributed by atoms with Crippen LogP contribution >= 0.6 is 0 Å². The van der Waals surface area contributed by atoms with Crippen molar-refractivity contribution in [2.45, 2.75) is 17.7 Å². The van der Waals surface area contributed by atoms with Crippen LogP contribution in [0.5, 0.6) is 0 Å². The van der Waals surface area contributed by atoms with Crippen LogP contribution in [-0.4, -0.2) is 44.3 Å². The molecule has 7 nitrogen and oxygen atoms in total. The van der Waals surface area contributed by atoms with Gasteiger partial charge in [0.25, 0.3) is 5.91 Å². The van der Waals surface area contributed by atoms with Crippen molar-refractivity contribution < 1.29 is 27.1 Å². The van der Waals surface area contributed by atoms with Crippen molar-refractivity contribution >= 4 is 27.6 Å². The number of anilines is 1. The highest BCUT2D eigenvalue weighted by atomic mass is 32.2. The van der Waals surface area contributed by atoms with Crippen LogP contribution in [0.2, 0.25) is 0 Å². The maximum absolute atomic E-state index is 13.1. The summed E-state index contributed by atoms with van der Waals surface area (Å²) in [5.41, 5.74) is 0.372. The van der Waals surface area contributed by atoms with Gasteiger partial charge in [0, 0.05) is 18.8 Å². The van der Waals surface area contributed by atoms with Gasteiger partial charge >= 0.3 is 5.97 Å². The van der Waals surface area contributed by atoms with Gasteiger partial charge in [-0.25, -0.2) is 17.6 Å². The Balaban J connectivity index is 1.55. The van der Waals surface area contributed by atoms with Crippen LogP contribution in [0.1, 0.15) is 23.2 Å². The monoisotopic (exact) mass is 406 g/mol. The van der Waals surface area contributed by atoms with Gasteiger partial charge in [-0.3, -0.25) is 4.79 Å². The number of hydrogen-bond donors (Lipinski definition) is 1. The van der Waals surface area contributed by atoms with E-state index in [9.17, 15) is 22.4 Å². The van der Waals surface area contributed by atoms with Crippen LogP contribution in [0.3, 0.4) is 0 Å². The molecule has 0 aromatic heterocycles. The zero-order valence-corrected chi connectivity index (χ0v) is 15.7. The van der Waals surface area contributed by atoms with Crippen molar-refractivity contribution in [3.63, 3.8) is 0 Å². The molecule has 0 radical (unpaired) electrons. The topological polar surface area (TPSA) is 92.8 Å². The summed E-state index contributed by atoms with van der Waals surface area (Å²) < 4.78 is 44.3. The first kappa shape index (κ1) is 20.0. The van der Waals surface area contributed by atoms with E-state index in [4.69, 9.17) is 4.74 Å². The Kier molecular flexibility index (Phi) is 6.05. The van der Waals surface area contributed by atoms with Gasteiger partial charge in [0.05, 0.1) is 10.5 Å². The van der Waals surface area contributed by atoms with E-state index in [2.05, 4.69) is 5.32 Å². The van der Waals surface area contributed by atoms with E-state index < -0.39 is 34.3 Å². The number of hydrogen-bond acceptors (Lipinski definition) is 5. The highest BCUT2D eigenvalue weighted by Gasteiger charge is 2.26. The molecule has 1 aliphatic heterocycles. The van der Waals surface area contributed by atoms with E-state index in [0.29, 0.717) is 18.8 Å². The van der Waals surface area contributed by atoms with Gasteiger partial charge in [0.2, 0.25) is 10.0 Å². The predicted octanol–water partition coefficient (Wildman–Crippen LogP) is 2.41. The molecule has 0 spiro atoms. The van der Waals surface area contributed by atoms with Crippen LogP contribution in [-0.2, 0) is 19.6 Å². The third-order valence-electron chi connectivity index (χ3n) is 4.24. The summed E-state index contributed by atoms with van der Waals surface area (Å²) in [7, 11) is -3.52. The SMILES string of the molecule is O=C(COC(=O)c1cccc(F)c1)Nc1ccc(S(=O)(=O)N2CCCC2)cc1. The molecule has 1 amide bonds. The second kappa shape index (κ2) is 8.49. The molecule has 9 heteroatoms. The standard InChI is InChI=1S/C19H19FN2O5S/c20-15-5-3-4-14(12-15)19(24)27-13-18(23)21-16-6-8-17(9-7-16)28(25,26)22-10-1-2-11-22/h3-9,12H,1-2,10-11,13H2,(H,21,23). The van der Waals surface area contributed by atoms with E-state index in [1.165, 1.54) is 46.8 Å². The molecule has 1 aliphatic rings. The number of nitrogens with zero attached hydrogens (tertiary/aromatic N) is 1. The van der Waals surface area contributed by atoms with Crippen molar-refractivity contribution in [3.05, 3.63) is 59.9 Å². The summed E-state index contributed by atoms with van der Waals surface area (Å²) in [5, 5.41) is 2.51. The molecule has 1 N–H and O–H groups in total. The molecule has 2 aromatic carbocycles. The lowest BCUT2D eigenvalue weighted by Gasteiger charge is -2.15. The number of benzene rings is 2. The number of sulfonamides is 1. The maximum Gasteiger partial charge on any atom is 0.338 e. The fourth-order valence-corrected chi connectivity index (χ4v) is 4.33. The molecule has 2 aromatic rings. The van der Waals surface area contributed by atoms with Gasteiger partial charge in [-0.1, -0.05) is 6.07 Å². The molecule has 0 saturated carbocycles. The van der Waals surface area contributed by atoms with E-state index in [0.717, 1.165) is 18.9 Å². The third kappa shape index (κ3) is 4.73. The zero-order valence-electron chi connectivity index (χ0n) is 14.9. The molecule has 1 saturated heterocycles. The first-order valence-corrected chi connectivity index (χ1v) is 10.1. The highest BCUT2D eigenvalue weighted by molar-refractivity contribution is 7.89. The Morgan fingerprint density at radius 2 is 1.75 bits per heavy atom. The van der Waals surface area contributed by atoms with Gasteiger partial charge in [-0.05, 0) is 55.3 Å². The van der Waals surface area contributed by atoms with Crippen molar-refractivity contribution in [1.82, 2.24) is 4.31 Å². The Morgan fingerprint density at radius 3 is 2.39 bits per heavy atom. The Hall–Kier alpha value is -2.78. The number of carbonyl (C=O) groups is 2. The molecule has 1 fully saturated rings. The minimum atomic E-state index is -3.52.